The van der Waals surface area contributed by atoms with Gasteiger partial charge in [0.05, 0.1) is 5.69 Å². The van der Waals surface area contributed by atoms with Gasteiger partial charge in [-0.15, -0.1) is 0 Å². The molecule has 120 valence electrons. The van der Waals surface area contributed by atoms with Gasteiger partial charge in [0, 0.05) is 12.7 Å². The van der Waals surface area contributed by atoms with Crippen molar-refractivity contribution in [2.24, 2.45) is 0 Å². The van der Waals surface area contributed by atoms with Crippen molar-refractivity contribution in [1.82, 2.24) is 19.9 Å². The molecule has 0 fully saturated rings. The van der Waals surface area contributed by atoms with Crippen LogP contribution in [0.3, 0.4) is 0 Å². The molecule has 7 nitrogen and oxygen atoms in total. The van der Waals surface area contributed by atoms with E-state index in [0.29, 0.717) is 23.2 Å². The lowest BCUT2D eigenvalue weighted by molar-refractivity contribution is -0.00786. The summed E-state index contributed by atoms with van der Waals surface area (Å²) in [6.07, 6.45) is 0. The van der Waals surface area contributed by atoms with Gasteiger partial charge in [-0.25, -0.2) is 4.68 Å². The van der Waals surface area contributed by atoms with Gasteiger partial charge in [-0.1, -0.05) is 23.4 Å². The van der Waals surface area contributed by atoms with Crippen LogP contribution in [0, 0.1) is 6.92 Å². The fourth-order valence-electron chi connectivity index (χ4n) is 2.14. The molecule has 0 radical (unpaired) electrons. The monoisotopic (exact) mass is 313 g/mol. The van der Waals surface area contributed by atoms with Crippen LogP contribution in [-0.2, 0) is 10.3 Å². The van der Waals surface area contributed by atoms with Gasteiger partial charge in [0.1, 0.15) is 17.1 Å². The molecule has 23 heavy (non-hydrogen) atoms. The molecule has 1 aromatic carbocycles. The van der Waals surface area contributed by atoms with Crippen LogP contribution in [0.5, 0.6) is 0 Å². The Morgan fingerprint density at radius 2 is 1.91 bits per heavy atom. The summed E-state index contributed by atoms with van der Waals surface area (Å²) >= 11 is 0. The van der Waals surface area contributed by atoms with Crippen molar-refractivity contribution in [2.75, 3.05) is 12.8 Å². The van der Waals surface area contributed by atoms with Crippen LogP contribution in [0.25, 0.3) is 17.2 Å². The van der Waals surface area contributed by atoms with E-state index in [4.69, 9.17) is 15.0 Å². The first kappa shape index (κ1) is 15.2. The molecular weight excluding hydrogens is 294 g/mol. The highest BCUT2D eigenvalue weighted by atomic mass is 16.5. The molecule has 0 aliphatic rings. The van der Waals surface area contributed by atoms with Gasteiger partial charge in [-0.2, -0.15) is 10.1 Å². The summed E-state index contributed by atoms with van der Waals surface area (Å²) in [7, 11) is 1.59. The number of ether oxygens (including phenoxy) is 1. The fourth-order valence-corrected chi connectivity index (χ4v) is 2.14. The molecule has 0 saturated heterocycles. The largest absolute Gasteiger partial charge is 0.383 e. The summed E-state index contributed by atoms with van der Waals surface area (Å²) < 4.78 is 12.3. The van der Waals surface area contributed by atoms with Crippen LogP contribution in [-0.4, -0.2) is 27.0 Å². The molecule has 0 bridgehead atoms. The first-order chi connectivity index (χ1) is 10.9. The normalized spacial score (nSPS) is 11.8. The topological polar surface area (TPSA) is 92.0 Å². The average Bonchev–Trinajstić information content (AvgIpc) is 3.15. The predicted octanol–water partition coefficient (Wildman–Crippen LogP) is 2.69. The van der Waals surface area contributed by atoms with Crippen molar-refractivity contribution in [3.05, 3.63) is 41.8 Å². The summed E-state index contributed by atoms with van der Waals surface area (Å²) in [5.41, 5.74) is 7.79. The lowest BCUT2D eigenvalue weighted by Crippen LogP contribution is -2.19. The number of para-hydroxylation sites is 1. The zero-order chi connectivity index (χ0) is 16.6. The highest BCUT2D eigenvalue weighted by Gasteiger charge is 2.29. The highest BCUT2D eigenvalue weighted by molar-refractivity contribution is 5.63. The molecule has 0 unspecified atom stereocenters. The number of rotatable bonds is 4. The second-order valence-corrected chi connectivity index (χ2v) is 5.74. The van der Waals surface area contributed by atoms with E-state index in [1.54, 1.807) is 11.8 Å². The zero-order valence-corrected chi connectivity index (χ0v) is 13.6. The van der Waals surface area contributed by atoms with Crippen LogP contribution in [0.4, 0.5) is 5.82 Å². The van der Waals surface area contributed by atoms with Crippen molar-refractivity contribution in [1.29, 1.82) is 0 Å². The molecule has 2 N–H and O–H groups in total. The first-order valence-electron chi connectivity index (χ1n) is 7.24. The van der Waals surface area contributed by atoms with Gasteiger partial charge in [-0.3, -0.25) is 0 Å². The maximum absolute atomic E-state index is 6.18. The van der Waals surface area contributed by atoms with Crippen molar-refractivity contribution in [2.45, 2.75) is 26.4 Å². The van der Waals surface area contributed by atoms with Crippen LogP contribution in [0.2, 0.25) is 0 Å². The van der Waals surface area contributed by atoms with Crippen LogP contribution in [0.1, 0.15) is 25.3 Å². The SMILES string of the molecule is COC(C)(C)c1nc(-c2nn(-c3ccccc3)c(N)c2C)no1. The Labute approximate surface area is 134 Å². The van der Waals surface area contributed by atoms with E-state index in [1.165, 1.54) is 0 Å². The highest BCUT2D eigenvalue weighted by Crippen LogP contribution is 2.29. The minimum atomic E-state index is -0.660. The fraction of sp³-hybridized carbons (Fsp3) is 0.312. The molecule has 0 amide bonds. The van der Waals surface area contributed by atoms with Crippen molar-refractivity contribution >= 4 is 5.82 Å². The Balaban J connectivity index is 2.05. The molecular formula is C16H19N5O2. The molecule has 7 heteroatoms. The molecule has 0 spiro atoms. The van der Waals surface area contributed by atoms with E-state index in [0.717, 1.165) is 11.3 Å². The minimum absolute atomic E-state index is 0.391. The van der Waals surface area contributed by atoms with E-state index in [9.17, 15) is 0 Å². The smallest absolute Gasteiger partial charge is 0.258 e. The Bertz CT molecular complexity index is 820. The molecule has 2 heterocycles. The number of hydrogen-bond acceptors (Lipinski definition) is 6. The van der Waals surface area contributed by atoms with E-state index < -0.39 is 5.60 Å². The quantitative estimate of drug-likeness (QED) is 0.796. The van der Waals surface area contributed by atoms with E-state index in [-0.39, 0.29) is 0 Å². The summed E-state index contributed by atoms with van der Waals surface area (Å²) in [6, 6.07) is 9.66. The number of benzene rings is 1. The Kier molecular flexibility index (Phi) is 3.65. The number of aromatic nitrogens is 4. The summed E-state index contributed by atoms with van der Waals surface area (Å²) in [5, 5.41) is 8.55. The minimum Gasteiger partial charge on any atom is -0.383 e. The van der Waals surface area contributed by atoms with Crippen LogP contribution >= 0.6 is 0 Å². The second-order valence-electron chi connectivity index (χ2n) is 5.74. The van der Waals surface area contributed by atoms with Crippen molar-refractivity contribution in [3.63, 3.8) is 0 Å². The van der Waals surface area contributed by atoms with Gasteiger partial charge < -0.3 is 15.0 Å². The molecule has 0 saturated carbocycles. The maximum atomic E-state index is 6.18. The van der Waals surface area contributed by atoms with Crippen molar-refractivity contribution in [3.8, 4) is 17.2 Å². The standard InChI is InChI=1S/C16H19N5O2/c1-10-12(14-18-15(23-20-14)16(2,3)22-4)19-21(13(10)17)11-8-6-5-7-9-11/h5-9H,17H2,1-4H3. The maximum Gasteiger partial charge on any atom is 0.258 e. The second kappa shape index (κ2) is 5.51. The number of methoxy groups -OCH3 is 1. The van der Waals surface area contributed by atoms with Gasteiger partial charge in [-0.05, 0) is 32.9 Å². The Morgan fingerprint density at radius 1 is 1.22 bits per heavy atom. The van der Waals surface area contributed by atoms with E-state index in [1.807, 2.05) is 51.1 Å². The Hall–Kier alpha value is -2.67. The third-order valence-corrected chi connectivity index (χ3v) is 3.83. The summed E-state index contributed by atoms with van der Waals surface area (Å²) in [5.74, 6) is 1.33. The lowest BCUT2D eigenvalue weighted by atomic mass is 10.1. The predicted molar refractivity (Wildman–Crippen MR) is 86.0 cm³/mol. The third-order valence-electron chi connectivity index (χ3n) is 3.83. The molecule has 0 aliphatic heterocycles. The summed E-state index contributed by atoms with van der Waals surface area (Å²) in [4.78, 5) is 4.40. The molecule has 3 aromatic rings. The number of anilines is 1. The number of nitrogens with zero attached hydrogens (tertiary/aromatic N) is 4. The van der Waals surface area contributed by atoms with E-state index in [2.05, 4.69) is 15.2 Å². The van der Waals surface area contributed by atoms with Gasteiger partial charge >= 0.3 is 0 Å². The summed E-state index contributed by atoms with van der Waals surface area (Å²) in [6.45, 7) is 5.59. The number of nitrogen functional groups attached to an aromatic ring is 1. The van der Waals surface area contributed by atoms with Crippen LogP contribution in [0.15, 0.2) is 34.9 Å². The molecule has 3 rings (SSSR count). The van der Waals surface area contributed by atoms with Crippen molar-refractivity contribution < 1.29 is 9.26 Å². The van der Waals surface area contributed by atoms with Gasteiger partial charge in [0.25, 0.3) is 5.89 Å². The average molecular weight is 313 g/mol. The zero-order valence-electron chi connectivity index (χ0n) is 13.6. The number of nitrogens with two attached hydrogens (primary N) is 1. The lowest BCUT2D eigenvalue weighted by Gasteiger charge is -2.16. The molecule has 0 aliphatic carbocycles. The van der Waals surface area contributed by atoms with Crippen LogP contribution < -0.4 is 5.73 Å². The molecule has 2 aromatic heterocycles. The third kappa shape index (κ3) is 2.59. The van der Waals surface area contributed by atoms with Gasteiger partial charge in [0.15, 0.2) is 0 Å². The van der Waals surface area contributed by atoms with E-state index >= 15 is 0 Å². The van der Waals surface area contributed by atoms with Gasteiger partial charge in [0.2, 0.25) is 5.82 Å². The Morgan fingerprint density at radius 3 is 2.57 bits per heavy atom. The number of hydrogen-bond donors (Lipinski definition) is 1. The first-order valence-corrected chi connectivity index (χ1v) is 7.24. The molecule has 0 atom stereocenters.